The van der Waals surface area contributed by atoms with E-state index in [0.717, 1.165) is 13.1 Å². The first-order chi connectivity index (χ1) is 8.93. The molecule has 104 valence electrons. The zero-order valence-corrected chi connectivity index (χ0v) is 13.0. The molecule has 1 aromatic heterocycles. The number of thiocarbonyl (C=S) groups is 1. The number of furan rings is 1. The largest absolute Gasteiger partial charge is 0.444 e. The van der Waals surface area contributed by atoms with Gasteiger partial charge in [0.1, 0.15) is 0 Å². The normalized spacial score (nSPS) is 19.1. The minimum absolute atomic E-state index is 0.251. The number of halogens is 1. The van der Waals surface area contributed by atoms with Crippen molar-refractivity contribution in [3.05, 3.63) is 22.6 Å². The number of amides is 1. The molecule has 5 nitrogen and oxygen atoms in total. The first-order valence-corrected chi connectivity index (χ1v) is 7.19. The van der Waals surface area contributed by atoms with Crippen LogP contribution in [0.1, 0.15) is 23.4 Å². The molecule has 0 radical (unpaired) electrons. The fourth-order valence-electron chi connectivity index (χ4n) is 2.15. The third-order valence-electron chi connectivity index (χ3n) is 3.46. The maximum absolute atomic E-state index is 12.2. The second-order valence-corrected chi connectivity index (χ2v) is 6.03. The SMILES string of the molecule is CN1CCC(NC(=O)c2ccc(Br)o2)(C(N)=S)CC1. The molecule has 0 spiro atoms. The maximum Gasteiger partial charge on any atom is 0.287 e. The van der Waals surface area contributed by atoms with Gasteiger partial charge in [0.15, 0.2) is 10.4 Å². The van der Waals surface area contributed by atoms with Gasteiger partial charge in [0, 0.05) is 13.1 Å². The van der Waals surface area contributed by atoms with Crippen molar-refractivity contribution in [2.24, 2.45) is 5.73 Å². The topological polar surface area (TPSA) is 71.5 Å². The van der Waals surface area contributed by atoms with Crippen LogP contribution in [-0.2, 0) is 0 Å². The van der Waals surface area contributed by atoms with Crippen LogP contribution in [-0.4, -0.2) is 41.5 Å². The lowest BCUT2D eigenvalue weighted by Crippen LogP contribution is -2.61. The predicted octanol–water partition coefficient (Wildman–Crippen LogP) is 1.52. The summed E-state index contributed by atoms with van der Waals surface area (Å²) in [5, 5.41) is 2.94. The van der Waals surface area contributed by atoms with E-state index in [0.29, 0.717) is 22.5 Å². The molecule has 1 saturated heterocycles. The first kappa shape index (κ1) is 14.5. The average Bonchev–Trinajstić information content (AvgIpc) is 2.79. The van der Waals surface area contributed by atoms with Gasteiger partial charge in [-0.05, 0) is 48.0 Å². The van der Waals surface area contributed by atoms with Gasteiger partial charge in [-0.25, -0.2) is 0 Å². The minimum Gasteiger partial charge on any atom is -0.444 e. The third kappa shape index (κ3) is 3.16. The summed E-state index contributed by atoms with van der Waals surface area (Å²) in [6, 6.07) is 3.29. The number of piperidine rings is 1. The summed E-state index contributed by atoms with van der Waals surface area (Å²) < 4.78 is 5.76. The lowest BCUT2D eigenvalue weighted by molar-refractivity contribution is 0.0861. The maximum atomic E-state index is 12.2. The zero-order chi connectivity index (χ0) is 14.0. The van der Waals surface area contributed by atoms with Gasteiger partial charge in [-0.3, -0.25) is 4.79 Å². The Hall–Kier alpha value is -0.920. The Morgan fingerprint density at radius 1 is 1.53 bits per heavy atom. The fraction of sp³-hybridized carbons (Fsp3) is 0.500. The van der Waals surface area contributed by atoms with Crippen LogP contribution in [0.2, 0.25) is 0 Å². The van der Waals surface area contributed by atoms with Gasteiger partial charge >= 0.3 is 0 Å². The number of rotatable bonds is 3. The van der Waals surface area contributed by atoms with Crippen molar-refractivity contribution in [3.63, 3.8) is 0 Å². The summed E-state index contributed by atoms with van der Waals surface area (Å²) in [4.78, 5) is 14.7. The zero-order valence-electron chi connectivity index (χ0n) is 10.6. The summed E-state index contributed by atoms with van der Waals surface area (Å²) in [5.41, 5.74) is 5.22. The number of carbonyl (C=O) groups is 1. The molecule has 1 amide bonds. The van der Waals surface area contributed by atoms with E-state index in [9.17, 15) is 4.79 Å². The van der Waals surface area contributed by atoms with Gasteiger partial charge in [-0.15, -0.1) is 0 Å². The molecule has 3 N–H and O–H groups in total. The van der Waals surface area contributed by atoms with Gasteiger partial charge in [0.25, 0.3) is 5.91 Å². The number of hydrogen-bond donors (Lipinski definition) is 2. The standard InChI is InChI=1S/C12H16BrN3O2S/c1-16-6-4-12(5-7-16,11(14)19)15-10(17)8-2-3-9(13)18-8/h2-3H,4-7H2,1H3,(H2,14,19)(H,15,17). The smallest absolute Gasteiger partial charge is 0.287 e. The van der Waals surface area contributed by atoms with Gasteiger partial charge in [-0.1, -0.05) is 12.2 Å². The molecule has 1 aliphatic heterocycles. The molecule has 0 atom stereocenters. The Labute approximate surface area is 125 Å². The summed E-state index contributed by atoms with van der Waals surface area (Å²) in [6.45, 7) is 1.69. The monoisotopic (exact) mass is 345 g/mol. The second kappa shape index (κ2) is 5.60. The van der Waals surface area contributed by atoms with E-state index in [-0.39, 0.29) is 11.7 Å². The molecule has 7 heteroatoms. The van der Waals surface area contributed by atoms with Crippen LogP contribution in [0.3, 0.4) is 0 Å². The number of nitrogens with one attached hydrogen (secondary N) is 1. The van der Waals surface area contributed by atoms with Crippen LogP contribution in [0, 0.1) is 0 Å². The Morgan fingerprint density at radius 2 is 2.16 bits per heavy atom. The van der Waals surface area contributed by atoms with Crippen molar-refractivity contribution in [2.45, 2.75) is 18.4 Å². The van der Waals surface area contributed by atoms with Crippen molar-refractivity contribution in [1.29, 1.82) is 0 Å². The van der Waals surface area contributed by atoms with Crippen LogP contribution in [0.5, 0.6) is 0 Å². The van der Waals surface area contributed by atoms with Crippen molar-refractivity contribution in [2.75, 3.05) is 20.1 Å². The Morgan fingerprint density at radius 3 is 2.63 bits per heavy atom. The van der Waals surface area contributed by atoms with E-state index in [1.807, 2.05) is 7.05 Å². The van der Waals surface area contributed by atoms with E-state index < -0.39 is 5.54 Å². The number of nitrogens with two attached hydrogens (primary N) is 1. The Bertz CT molecular complexity index is 495. The highest BCUT2D eigenvalue weighted by molar-refractivity contribution is 9.10. The lowest BCUT2D eigenvalue weighted by Gasteiger charge is -2.40. The molecule has 0 bridgehead atoms. The van der Waals surface area contributed by atoms with Crippen LogP contribution in [0.25, 0.3) is 0 Å². The summed E-state index contributed by atoms with van der Waals surface area (Å²) in [5.74, 6) is -0.0375. The quantitative estimate of drug-likeness (QED) is 0.812. The van der Waals surface area contributed by atoms with E-state index >= 15 is 0 Å². The first-order valence-electron chi connectivity index (χ1n) is 5.99. The molecule has 1 aromatic rings. The second-order valence-electron chi connectivity index (χ2n) is 4.81. The molecular weight excluding hydrogens is 330 g/mol. The number of likely N-dealkylation sites (tertiary alicyclic amines) is 1. The Kier molecular flexibility index (Phi) is 4.27. The molecule has 1 aliphatic rings. The lowest BCUT2D eigenvalue weighted by atomic mass is 9.87. The van der Waals surface area contributed by atoms with Crippen LogP contribution >= 0.6 is 28.1 Å². The van der Waals surface area contributed by atoms with E-state index in [2.05, 4.69) is 26.1 Å². The van der Waals surface area contributed by atoms with Crippen LogP contribution < -0.4 is 11.1 Å². The highest BCUT2D eigenvalue weighted by Crippen LogP contribution is 2.23. The van der Waals surface area contributed by atoms with E-state index in [1.165, 1.54) is 0 Å². The molecule has 1 fully saturated rings. The van der Waals surface area contributed by atoms with Gasteiger partial charge in [0.2, 0.25) is 0 Å². The molecule has 19 heavy (non-hydrogen) atoms. The van der Waals surface area contributed by atoms with Gasteiger partial charge < -0.3 is 20.4 Å². The summed E-state index contributed by atoms with van der Waals surface area (Å²) >= 11 is 8.32. The number of nitrogens with zero attached hydrogens (tertiary/aromatic N) is 1. The van der Waals surface area contributed by atoms with E-state index in [1.54, 1.807) is 12.1 Å². The summed E-state index contributed by atoms with van der Waals surface area (Å²) in [7, 11) is 2.04. The van der Waals surface area contributed by atoms with Crippen molar-refractivity contribution < 1.29 is 9.21 Å². The van der Waals surface area contributed by atoms with Crippen molar-refractivity contribution in [1.82, 2.24) is 10.2 Å². The number of carbonyl (C=O) groups excluding carboxylic acids is 1. The molecule has 0 unspecified atom stereocenters. The van der Waals surface area contributed by atoms with Crippen molar-refractivity contribution >= 4 is 39.0 Å². The number of hydrogen-bond acceptors (Lipinski definition) is 4. The summed E-state index contributed by atoms with van der Waals surface area (Å²) in [6.07, 6.45) is 1.43. The third-order valence-corrected chi connectivity index (χ3v) is 4.28. The van der Waals surface area contributed by atoms with Crippen LogP contribution in [0.4, 0.5) is 0 Å². The highest BCUT2D eigenvalue weighted by Gasteiger charge is 2.38. The fourth-order valence-corrected chi connectivity index (χ4v) is 2.71. The highest BCUT2D eigenvalue weighted by atomic mass is 79.9. The molecule has 0 aliphatic carbocycles. The molecule has 2 rings (SSSR count). The molecule has 2 heterocycles. The van der Waals surface area contributed by atoms with Crippen molar-refractivity contribution in [3.8, 4) is 0 Å². The Balaban J connectivity index is 2.13. The van der Waals surface area contributed by atoms with E-state index in [4.69, 9.17) is 22.4 Å². The van der Waals surface area contributed by atoms with Crippen LogP contribution in [0.15, 0.2) is 21.2 Å². The molecular formula is C12H16BrN3O2S. The predicted molar refractivity (Wildman–Crippen MR) is 80.1 cm³/mol. The average molecular weight is 346 g/mol. The van der Waals surface area contributed by atoms with Gasteiger partial charge in [0.05, 0.1) is 10.5 Å². The van der Waals surface area contributed by atoms with Gasteiger partial charge in [-0.2, -0.15) is 0 Å². The molecule has 0 saturated carbocycles. The minimum atomic E-state index is -0.613. The molecule has 0 aromatic carbocycles.